The van der Waals surface area contributed by atoms with Crippen LogP contribution in [0.1, 0.15) is 10.4 Å². The second-order valence-electron chi connectivity index (χ2n) is 8.18. The Bertz CT molecular complexity index is 1240. The molecule has 2 aliphatic heterocycles. The van der Waals surface area contributed by atoms with Gasteiger partial charge in [0.25, 0.3) is 5.56 Å². The highest BCUT2D eigenvalue weighted by molar-refractivity contribution is 7.18. The van der Waals surface area contributed by atoms with Gasteiger partial charge in [-0.2, -0.15) is 0 Å². The van der Waals surface area contributed by atoms with E-state index in [0.29, 0.717) is 35.9 Å². The van der Waals surface area contributed by atoms with Gasteiger partial charge in [-0.3, -0.25) is 14.3 Å². The first-order valence-corrected chi connectivity index (χ1v) is 11.8. The van der Waals surface area contributed by atoms with Crippen LogP contribution < -0.4 is 11.2 Å². The monoisotopic (exact) mass is 460 g/mol. The number of hydrogen-bond acceptors (Lipinski definition) is 6. The Morgan fingerprint density at radius 3 is 2.71 bits per heavy atom. The molecule has 2 aliphatic rings. The minimum absolute atomic E-state index is 0.244. The quantitative estimate of drug-likeness (QED) is 0.597. The third-order valence-corrected chi connectivity index (χ3v) is 7.60. The number of halogens is 1. The molecule has 7 nitrogen and oxygen atoms in total. The van der Waals surface area contributed by atoms with Crippen LogP contribution in [0.15, 0.2) is 33.9 Å². The molecule has 0 bridgehead atoms. The van der Waals surface area contributed by atoms with Crippen LogP contribution in [0.2, 0.25) is 5.02 Å². The molecule has 1 aromatic carbocycles. The molecule has 5 rings (SSSR count). The summed E-state index contributed by atoms with van der Waals surface area (Å²) >= 11 is 7.78. The lowest BCUT2D eigenvalue weighted by Crippen LogP contribution is -2.43. The summed E-state index contributed by atoms with van der Waals surface area (Å²) in [6.45, 7) is 6.14. The minimum Gasteiger partial charge on any atom is -0.379 e. The van der Waals surface area contributed by atoms with E-state index in [4.69, 9.17) is 16.3 Å². The van der Waals surface area contributed by atoms with Gasteiger partial charge in [0.15, 0.2) is 0 Å². The van der Waals surface area contributed by atoms with Gasteiger partial charge in [0.2, 0.25) is 0 Å². The Hall–Kier alpha value is -1.97. The second kappa shape index (κ2) is 8.52. The zero-order valence-electron chi connectivity index (χ0n) is 17.5. The molecule has 3 aromatic rings. The van der Waals surface area contributed by atoms with Crippen LogP contribution in [0.25, 0.3) is 15.9 Å². The molecular weight excluding hydrogens is 436 g/mol. The molecule has 164 valence electrons. The van der Waals surface area contributed by atoms with Crippen molar-refractivity contribution in [1.82, 2.24) is 18.9 Å². The largest absolute Gasteiger partial charge is 0.379 e. The predicted molar refractivity (Wildman–Crippen MR) is 124 cm³/mol. The van der Waals surface area contributed by atoms with Crippen LogP contribution in [0.4, 0.5) is 0 Å². The highest BCUT2D eigenvalue weighted by Crippen LogP contribution is 2.32. The van der Waals surface area contributed by atoms with E-state index < -0.39 is 0 Å². The van der Waals surface area contributed by atoms with Gasteiger partial charge < -0.3 is 9.64 Å². The third kappa shape index (κ3) is 3.87. The summed E-state index contributed by atoms with van der Waals surface area (Å²) in [7, 11) is 2.09. The smallest absolute Gasteiger partial charge is 0.336 e. The Morgan fingerprint density at radius 2 is 1.94 bits per heavy atom. The van der Waals surface area contributed by atoms with Crippen LogP contribution in [-0.4, -0.2) is 65.4 Å². The molecule has 4 heterocycles. The normalized spacial score (nSPS) is 17.9. The van der Waals surface area contributed by atoms with Crippen molar-refractivity contribution in [2.75, 3.05) is 46.4 Å². The van der Waals surface area contributed by atoms with Crippen molar-refractivity contribution in [3.63, 3.8) is 0 Å². The van der Waals surface area contributed by atoms with Gasteiger partial charge in [0.1, 0.15) is 4.83 Å². The standard InChI is InChI=1S/C22H25ClN4O3S/c1-24-6-5-17-18(14-24)31-21-19(17)20(28)27(16-4-2-3-15(23)13-16)22(29)26(21)8-7-25-9-11-30-12-10-25/h2-4,13H,5-12,14H2,1H3. The van der Waals surface area contributed by atoms with E-state index in [2.05, 4.69) is 16.8 Å². The maximum Gasteiger partial charge on any atom is 0.336 e. The number of likely N-dealkylation sites (N-methyl/N-ethyl adjacent to an activating group) is 1. The van der Waals surface area contributed by atoms with Gasteiger partial charge in [-0.05, 0) is 37.2 Å². The summed E-state index contributed by atoms with van der Waals surface area (Å²) in [5.74, 6) is 0. The highest BCUT2D eigenvalue weighted by atomic mass is 35.5. The van der Waals surface area contributed by atoms with Crippen molar-refractivity contribution in [3.05, 3.63) is 60.6 Å². The lowest BCUT2D eigenvalue weighted by molar-refractivity contribution is 0.0364. The van der Waals surface area contributed by atoms with Crippen LogP contribution in [0.5, 0.6) is 0 Å². The van der Waals surface area contributed by atoms with Gasteiger partial charge in [0, 0.05) is 49.2 Å². The fourth-order valence-electron chi connectivity index (χ4n) is 4.44. The van der Waals surface area contributed by atoms with Gasteiger partial charge >= 0.3 is 5.69 Å². The molecule has 0 unspecified atom stereocenters. The van der Waals surface area contributed by atoms with Crippen LogP contribution >= 0.6 is 22.9 Å². The molecule has 0 amide bonds. The average Bonchev–Trinajstić information content (AvgIpc) is 3.13. The molecule has 9 heteroatoms. The summed E-state index contributed by atoms with van der Waals surface area (Å²) in [5.41, 5.74) is 1.06. The van der Waals surface area contributed by atoms with Crippen molar-refractivity contribution in [2.45, 2.75) is 19.5 Å². The summed E-state index contributed by atoms with van der Waals surface area (Å²) in [4.78, 5) is 33.7. The first-order chi connectivity index (χ1) is 15.0. The van der Waals surface area contributed by atoms with E-state index in [1.54, 1.807) is 40.2 Å². The molecule has 0 radical (unpaired) electrons. The molecular formula is C22H25ClN4O3S. The Kier molecular flexibility index (Phi) is 5.75. The first-order valence-electron chi connectivity index (χ1n) is 10.6. The van der Waals surface area contributed by atoms with Gasteiger partial charge in [0.05, 0.1) is 24.3 Å². The van der Waals surface area contributed by atoms with Crippen molar-refractivity contribution in [3.8, 4) is 5.69 Å². The summed E-state index contributed by atoms with van der Waals surface area (Å²) in [5, 5.41) is 1.19. The molecule has 1 saturated heterocycles. The molecule has 0 N–H and O–H groups in total. The number of rotatable bonds is 4. The number of ether oxygens (including phenoxy) is 1. The SMILES string of the molecule is CN1CCc2c(sc3c2c(=O)n(-c2cccc(Cl)c2)c(=O)n3CCN2CCOCC2)C1. The van der Waals surface area contributed by atoms with Crippen molar-refractivity contribution >= 4 is 33.2 Å². The van der Waals surface area contributed by atoms with E-state index in [1.165, 1.54) is 9.44 Å². The van der Waals surface area contributed by atoms with Gasteiger partial charge in [-0.25, -0.2) is 9.36 Å². The van der Waals surface area contributed by atoms with Crippen molar-refractivity contribution in [2.24, 2.45) is 0 Å². The van der Waals surface area contributed by atoms with E-state index in [9.17, 15) is 9.59 Å². The van der Waals surface area contributed by atoms with Gasteiger partial charge in [-0.1, -0.05) is 17.7 Å². The Balaban J connectivity index is 1.69. The third-order valence-electron chi connectivity index (χ3n) is 6.12. The predicted octanol–water partition coefficient (Wildman–Crippen LogP) is 2.19. The average molecular weight is 461 g/mol. The van der Waals surface area contributed by atoms with E-state index in [-0.39, 0.29) is 11.2 Å². The van der Waals surface area contributed by atoms with Crippen LogP contribution in [0, 0.1) is 0 Å². The van der Waals surface area contributed by atoms with Crippen molar-refractivity contribution in [1.29, 1.82) is 0 Å². The van der Waals surface area contributed by atoms with E-state index in [0.717, 1.165) is 49.5 Å². The topological polar surface area (TPSA) is 59.7 Å². The number of fused-ring (bicyclic) bond motifs is 3. The Morgan fingerprint density at radius 1 is 1.13 bits per heavy atom. The second-order valence-corrected chi connectivity index (χ2v) is 9.70. The molecule has 0 saturated carbocycles. The molecule has 0 atom stereocenters. The number of aromatic nitrogens is 2. The molecule has 2 aromatic heterocycles. The summed E-state index contributed by atoms with van der Waals surface area (Å²) in [6.07, 6.45) is 0.818. The summed E-state index contributed by atoms with van der Waals surface area (Å²) < 4.78 is 8.52. The zero-order valence-corrected chi connectivity index (χ0v) is 19.0. The van der Waals surface area contributed by atoms with Crippen LogP contribution in [0.3, 0.4) is 0 Å². The zero-order chi connectivity index (χ0) is 21.5. The maximum absolute atomic E-state index is 13.6. The number of thiophene rings is 1. The van der Waals surface area contributed by atoms with Gasteiger partial charge in [-0.15, -0.1) is 11.3 Å². The number of morpholine rings is 1. The van der Waals surface area contributed by atoms with E-state index >= 15 is 0 Å². The lowest BCUT2D eigenvalue weighted by Gasteiger charge is -2.26. The first kappa shape index (κ1) is 20.9. The Labute approximate surface area is 189 Å². The summed E-state index contributed by atoms with van der Waals surface area (Å²) in [6, 6.07) is 6.95. The fourth-order valence-corrected chi connectivity index (χ4v) is 6.06. The highest BCUT2D eigenvalue weighted by Gasteiger charge is 2.26. The maximum atomic E-state index is 13.6. The molecule has 0 aliphatic carbocycles. The number of nitrogens with zero attached hydrogens (tertiary/aromatic N) is 4. The van der Waals surface area contributed by atoms with Crippen molar-refractivity contribution < 1.29 is 4.74 Å². The van der Waals surface area contributed by atoms with Crippen LogP contribution in [-0.2, 0) is 24.2 Å². The molecule has 31 heavy (non-hydrogen) atoms. The number of benzene rings is 1. The van der Waals surface area contributed by atoms with E-state index in [1.807, 2.05) is 0 Å². The lowest BCUT2D eigenvalue weighted by atomic mass is 10.1. The molecule has 1 fully saturated rings. The number of hydrogen-bond donors (Lipinski definition) is 0. The molecule has 0 spiro atoms. The minimum atomic E-state index is -0.306. The fraction of sp³-hybridized carbons (Fsp3) is 0.455.